The summed E-state index contributed by atoms with van der Waals surface area (Å²) < 4.78 is 5.38. The molecule has 0 amide bonds. The van der Waals surface area contributed by atoms with Crippen LogP contribution in [-0.2, 0) is 6.42 Å². The van der Waals surface area contributed by atoms with Gasteiger partial charge in [-0.05, 0) is 13.3 Å². The molecule has 5 nitrogen and oxygen atoms in total. The summed E-state index contributed by atoms with van der Waals surface area (Å²) in [5.74, 6) is 1.65. The fourth-order valence-corrected chi connectivity index (χ4v) is 2.65. The Bertz CT molecular complexity index is 374. The molecule has 0 bridgehead atoms. The van der Waals surface area contributed by atoms with Crippen molar-refractivity contribution in [3.8, 4) is 0 Å². The van der Waals surface area contributed by atoms with Crippen LogP contribution in [0, 0.1) is 0 Å². The third-order valence-electron chi connectivity index (χ3n) is 4.05. The maximum absolute atomic E-state index is 5.38. The lowest BCUT2D eigenvalue weighted by atomic mass is 10.1. The molecule has 1 aliphatic heterocycles. The lowest BCUT2D eigenvalue weighted by Gasteiger charge is -2.30. The molecule has 1 aromatic rings. The fraction of sp³-hybridized carbons (Fsp3) is 0.867. The van der Waals surface area contributed by atoms with Crippen LogP contribution in [0.4, 0.5) is 0 Å². The van der Waals surface area contributed by atoms with Crippen LogP contribution < -0.4 is 5.32 Å². The molecule has 1 aromatic heterocycles. The highest BCUT2D eigenvalue weighted by atomic mass is 16.5. The van der Waals surface area contributed by atoms with Gasteiger partial charge in [-0.3, -0.25) is 4.90 Å². The molecule has 2 rings (SSSR count). The first-order valence-electron chi connectivity index (χ1n) is 8.08. The van der Waals surface area contributed by atoms with Crippen LogP contribution in [0.2, 0.25) is 0 Å². The van der Waals surface area contributed by atoms with Gasteiger partial charge in [-0.1, -0.05) is 37.8 Å². The van der Waals surface area contributed by atoms with Gasteiger partial charge < -0.3 is 9.84 Å². The molecule has 1 aliphatic rings. The molecule has 0 spiro atoms. The van der Waals surface area contributed by atoms with Crippen molar-refractivity contribution in [2.45, 2.75) is 58.4 Å². The fourth-order valence-electron chi connectivity index (χ4n) is 2.65. The lowest BCUT2D eigenvalue weighted by molar-refractivity contribution is 0.176. The number of hydrogen-bond acceptors (Lipinski definition) is 5. The summed E-state index contributed by atoms with van der Waals surface area (Å²) in [6, 6.07) is 0.259. The predicted molar refractivity (Wildman–Crippen MR) is 79.6 cm³/mol. The molecule has 1 atom stereocenters. The second-order valence-electron chi connectivity index (χ2n) is 5.67. The number of nitrogens with zero attached hydrogens (tertiary/aromatic N) is 3. The zero-order valence-electron chi connectivity index (χ0n) is 12.9. The summed E-state index contributed by atoms with van der Waals surface area (Å²) in [4.78, 5) is 6.97. The minimum Gasteiger partial charge on any atom is -0.339 e. The van der Waals surface area contributed by atoms with Crippen LogP contribution in [-0.4, -0.2) is 41.2 Å². The highest BCUT2D eigenvalue weighted by Crippen LogP contribution is 2.18. The first-order valence-corrected chi connectivity index (χ1v) is 8.08. The molecule has 0 radical (unpaired) electrons. The highest BCUT2D eigenvalue weighted by Gasteiger charge is 2.22. The average molecular weight is 280 g/mol. The van der Waals surface area contributed by atoms with E-state index < -0.39 is 0 Å². The van der Waals surface area contributed by atoms with E-state index in [-0.39, 0.29) is 6.04 Å². The Hall–Kier alpha value is -0.940. The van der Waals surface area contributed by atoms with Gasteiger partial charge in [-0.15, -0.1) is 0 Å². The zero-order chi connectivity index (χ0) is 14.2. The van der Waals surface area contributed by atoms with E-state index in [1.165, 1.54) is 25.7 Å². The van der Waals surface area contributed by atoms with Gasteiger partial charge in [-0.25, -0.2) is 0 Å². The summed E-state index contributed by atoms with van der Waals surface area (Å²) >= 11 is 0. The third kappa shape index (κ3) is 4.56. The van der Waals surface area contributed by atoms with E-state index in [0.717, 1.165) is 50.7 Å². The molecule has 2 heterocycles. The number of unbranched alkanes of at least 4 members (excludes halogenated alkanes) is 4. The first kappa shape index (κ1) is 15.4. The first-order chi connectivity index (χ1) is 9.81. The second kappa shape index (κ2) is 8.37. The largest absolute Gasteiger partial charge is 0.339 e. The topological polar surface area (TPSA) is 54.2 Å². The van der Waals surface area contributed by atoms with E-state index in [0.29, 0.717) is 0 Å². The van der Waals surface area contributed by atoms with Crippen molar-refractivity contribution < 1.29 is 4.52 Å². The molecular weight excluding hydrogens is 252 g/mol. The number of nitrogens with one attached hydrogen (secondary N) is 1. The second-order valence-corrected chi connectivity index (χ2v) is 5.67. The number of rotatable bonds is 8. The SMILES string of the molecule is CCCCCCCc1nc(C(C)N2CCNCC2)no1. The van der Waals surface area contributed by atoms with E-state index in [9.17, 15) is 0 Å². The summed E-state index contributed by atoms with van der Waals surface area (Å²) in [6.45, 7) is 8.62. The number of piperazine rings is 1. The molecule has 0 saturated carbocycles. The summed E-state index contributed by atoms with van der Waals surface area (Å²) in [5.41, 5.74) is 0. The Balaban J connectivity index is 1.76. The van der Waals surface area contributed by atoms with E-state index >= 15 is 0 Å². The third-order valence-corrected chi connectivity index (χ3v) is 4.05. The molecular formula is C15H28N4O. The van der Waals surface area contributed by atoms with Crippen molar-refractivity contribution in [2.75, 3.05) is 26.2 Å². The van der Waals surface area contributed by atoms with Crippen LogP contribution in [0.1, 0.15) is 63.7 Å². The predicted octanol–water partition coefficient (Wildman–Crippen LogP) is 2.55. The number of hydrogen-bond donors (Lipinski definition) is 1. The van der Waals surface area contributed by atoms with Gasteiger partial charge in [-0.2, -0.15) is 4.98 Å². The molecule has 0 aliphatic carbocycles. The maximum Gasteiger partial charge on any atom is 0.226 e. The van der Waals surface area contributed by atoms with Crippen molar-refractivity contribution in [3.63, 3.8) is 0 Å². The minimum atomic E-state index is 0.259. The Morgan fingerprint density at radius 3 is 2.70 bits per heavy atom. The minimum absolute atomic E-state index is 0.259. The van der Waals surface area contributed by atoms with Crippen molar-refractivity contribution in [1.82, 2.24) is 20.4 Å². The van der Waals surface area contributed by atoms with Gasteiger partial charge in [0, 0.05) is 32.6 Å². The van der Waals surface area contributed by atoms with Gasteiger partial charge in [0.2, 0.25) is 5.89 Å². The van der Waals surface area contributed by atoms with Crippen LogP contribution in [0.3, 0.4) is 0 Å². The molecule has 5 heteroatoms. The standard InChI is InChI=1S/C15H28N4O/c1-3-4-5-6-7-8-14-17-15(18-20-14)13(2)19-11-9-16-10-12-19/h13,16H,3-12H2,1-2H3. The maximum atomic E-state index is 5.38. The monoisotopic (exact) mass is 280 g/mol. The average Bonchev–Trinajstić information content (AvgIpc) is 2.96. The van der Waals surface area contributed by atoms with Crippen LogP contribution in [0.15, 0.2) is 4.52 Å². The van der Waals surface area contributed by atoms with E-state index in [2.05, 4.69) is 34.2 Å². The van der Waals surface area contributed by atoms with E-state index in [1.807, 2.05) is 0 Å². The van der Waals surface area contributed by atoms with Crippen LogP contribution in [0.25, 0.3) is 0 Å². The molecule has 1 N–H and O–H groups in total. The van der Waals surface area contributed by atoms with Gasteiger partial charge in [0.1, 0.15) is 0 Å². The number of aromatic nitrogens is 2. The van der Waals surface area contributed by atoms with Gasteiger partial charge in [0.05, 0.1) is 6.04 Å². The Labute approximate surface area is 122 Å². The van der Waals surface area contributed by atoms with Gasteiger partial charge >= 0.3 is 0 Å². The normalized spacial score (nSPS) is 18.3. The molecule has 20 heavy (non-hydrogen) atoms. The van der Waals surface area contributed by atoms with Crippen molar-refractivity contribution in [1.29, 1.82) is 0 Å². The molecule has 1 saturated heterocycles. The van der Waals surface area contributed by atoms with Crippen molar-refractivity contribution in [2.24, 2.45) is 0 Å². The zero-order valence-corrected chi connectivity index (χ0v) is 12.9. The summed E-state index contributed by atoms with van der Waals surface area (Å²) in [7, 11) is 0. The lowest BCUT2D eigenvalue weighted by Crippen LogP contribution is -2.44. The Kier molecular flexibility index (Phi) is 6.47. The molecule has 1 fully saturated rings. The summed E-state index contributed by atoms with van der Waals surface area (Å²) in [5, 5.41) is 7.52. The van der Waals surface area contributed by atoms with E-state index in [1.54, 1.807) is 0 Å². The highest BCUT2D eigenvalue weighted by molar-refractivity contribution is 4.94. The quantitative estimate of drug-likeness (QED) is 0.742. The molecule has 1 unspecified atom stereocenters. The van der Waals surface area contributed by atoms with Crippen molar-refractivity contribution >= 4 is 0 Å². The Morgan fingerprint density at radius 2 is 1.95 bits per heavy atom. The van der Waals surface area contributed by atoms with Gasteiger partial charge in [0.15, 0.2) is 5.82 Å². The van der Waals surface area contributed by atoms with Crippen LogP contribution in [0.5, 0.6) is 0 Å². The smallest absolute Gasteiger partial charge is 0.226 e. The molecule has 114 valence electrons. The van der Waals surface area contributed by atoms with Crippen LogP contribution >= 0.6 is 0 Å². The van der Waals surface area contributed by atoms with Crippen molar-refractivity contribution in [3.05, 3.63) is 11.7 Å². The Morgan fingerprint density at radius 1 is 1.20 bits per heavy atom. The molecule has 0 aromatic carbocycles. The van der Waals surface area contributed by atoms with E-state index in [4.69, 9.17) is 4.52 Å². The summed E-state index contributed by atoms with van der Waals surface area (Å²) in [6.07, 6.45) is 7.27. The van der Waals surface area contributed by atoms with Gasteiger partial charge in [0.25, 0.3) is 0 Å². The number of aryl methyl sites for hydroxylation is 1.